The molecule has 21 heavy (non-hydrogen) atoms. The number of nitrogens with zero attached hydrogens (tertiary/aromatic N) is 4. The summed E-state index contributed by atoms with van der Waals surface area (Å²) < 4.78 is 4.62. The lowest BCUT2D eigenvalue weighted by Crippen LogP contribution is -2.32. The van der Waals surface area contributed by atoms with E-state index >= 15 is 0 Å². The van der Waals surface area contributed by atoms with Gasteiger partial charge in [0.05, 0.1) is 6.54 Å². The van der Waals surface area contributed by atoms with Crippen LogP contribution < -0.4 is 27.2 Å². The van der Waals surface area contributed by atoms with Crippen LogP contribution in [0.25, 0.3) is 0 Å². The number of nitrogens with two attached hydrogens (primary N) is 2. The van der Waals surface area contributed by atoms with Crippen LogP contribution in [0.2, 0.25) is 0 Å². The predicted octanol–water partition coefficient (Wildman–Crippen LogP) is -0.345. The largest absolute Gasteiger partial charge is 0.448 e. The highest BCUT2D eigenvalue weighted by Gasteiger charge is 2.15. The molecule has 1 aromatic rings. The third kappa shape index (κ3) is 4.60. The number of hydrazine groups is 1. The van der Waals surface area contributed by atoms with E-state index in [1.54, 1.807) is 0 Å². The van der Waals surface area contributed by atoms with Crippen molar-refractivity contribution in [3.63, 3.8) is 0 Å². The molecule has 10 heteroatoms. The molecule has 0 aliphatic carbocycles. The van der Waals surface area contributed by atoms with Gasteiger partial charge in [-0.25, -0.2) is 10.6 Å². The number of ether oxygens (including phenoxy) is 1. The second kappa shape index (κ2) is 7.43. The average Bonchev–Trinajstić information content (AvgIpc) is 2.52. The van der Waals surface area contributed by atoms with Gasteiger partial charge in [0.2, 0.25) is 17.8 Å². The van der Waals surface area contributed by atoms with E-state index in [0.717, 1.165) is 25.9 Å². The van der Waals surface area contributed by atoms with Gasteiger partial charge < -0.3 is 20.7 Å². The lowest BCUT2D eigenvalue weighted by molar-refractivity contribution is 0.161. The van der Waals surface area contributed by atoms with Crippen molar-refractivity contribution in [3.8, 4) is 0 Å². The SMILES string of the molecule is NNc1nc(NCCOC(N)=O)nc(N2CCCCC2)n1. The molecule has 0 saturated carbocycles. The molecule has 6 N–H and O–H groups in total. The lowest BCUT2D eigenvalue weighted by Gasteiger charge is -2.26. The van der Waals surface area contributed by atoms with Crippen LogP contribution >= 0.6 is 0 Å². The second-order valence-electron chi connectivity index (χ2n) is 4.57. The minimum Gasteiger partial charge on any atom is -0.448 e. The van der Waals surface area contributed by atoms with Gasteiger partial charge in [-0.1, -0.05) is 0 Å². The molecular formula is C11H20N8O2. The Bertz CT molecular complexity index is 477. The molecule has 2 heterocycles. The average molecular weight is 296 g/mol. The van der Waals surface area contributed by atoms with Crippen molar-refractivity contribution in [3.05, 3.63) is 0 Å². The molecule has 0 aromatic carbocycles. The smallest absolute Gasteiger partial charge is 0.404 e. The molecule has 1 aliphatic rings. The fraction of sp³-hybridized carbons (Fsp3) is 0.636. The first kappa shape index (κ1) is 15.0. The number of amides is 1. The molecule has 0 atom stereocenters. The lowest BCUT2D eigenvalue weighted by atomic mass is 10.1. The number of nitrogens with one attached hydrogen (secondary N) is 2. The molecule has 0 bridgehead atoms. The zero-order valence-electron chi connectivity index (χ0n) is 11.7. The van der Waals surface area contributed by atoms with Crippen molar-refractivity contribution in [1.29, 1.82) is 0 Å². The molecule has 1 fully saturated rings. The first-order valence-corrected chi connectivity index (χ1v) is 6.83. The minimum absolute atomic E-state index is 0.130. The van der Waals surface area contributed by atoms with Crippen molar-refractivity contribution < 1.29 is 9.53 Å². The number of carbonyl (C=O) groups excluding carboxylic acids is 1. The number of rotatable bonds is 6. The van der Waals surface area contributed by atoms with E-state index in [1.165, 1.54) is 6.42 Å². The molecule has 0 unspecified atom stereocenters. The topological polar surface area (TPSA) is 144 Å². The zero-order valence-corrected chi connectivity index (χ0v) is 11.7. The van der Waals surface area contributed by atoms with Gasteiger partial charge in [-0.15, -0.1) is 0 Å². The molecule has 1 saturated heterocycles. The molecule has 1 amide bonds. The van der Waals surface area contributed by atoms with E-state index in [4.69, 9.17) is 11.6 Å². The summed E-state index contributed by atoms with van der Waals surface area (Å²) >= 11 is 0. The van der Waals surface area contributed by atoms with Gasteiger partial charge in [0.25, 0.3) is 0 Å². The van der Waals surface area contributed by atoms with Crippen LogP contribution in [0.5, 0.6) is 0 Å². The van der Waals surface area contributed by atoms with Gasteiger partial charge in [-0.05, 0) is 19.3 Å². The molecule has 10 nitrogen and oxygen atoms in total. The standard InChI is InChI=1S/C11H20N8O2/c12-8(20)21-7-4-14-9-15-10(18-13)17-11(16-9)19-5-2-1-3-6-19/h1-7,13H2,(H2,12,20)(H2,14,15,16,17,18). The number of piperidine rings is 1. The molecule has 116 valence electrons. The van der Waals surface area contributed by atoms with Crippen LogP contribution in [0.3, 0.4) is 0 Å². The van der Waals surface area contributed by atoms with Crippen LogP contribution in [0.1, 0.15) is 19.3 Å². The van der Waals surface area contributed by atoms with Crippen LogP contribution in [0.15, 0.2) is 0 Å². The first-order valence-electron chi connectivity index (χ1n) is 6.83. The summed E-state index contributed by atoms with van der Waals surface area (Å²) in [5.41, 5.74) is 7.30. The maximum absolute atomic E-state index is 10.5. The van der Waals surface area contributed by atoms with Crippen LogP contribution in [0.4, 0.5) is 22.6 Å². The van der Waals surface area contributed by atoms with Gasteiger partial charge in [-0.2, -0.15) is 15.0 Å². The third-order valence-corrected chi connectivity index (χ3v) is 3.02. The van der Waals surface area contributed by atoms with Crippen molar-refractivity contribution >= 4 is 23.9 Å². The Labute approximate surface area is 122 Å². The number of primary amides is 1. The predicted molar refractivity (Wildman–Crippen MR) is 77.7 cm³/mol. The third-order valence-electron chi connectivity index (χ3n) is 3.02. The Morgan fingerprint density at radius 3 is 2.57 bits per heavy atom. The van der Waals surface area contributed by atoms with Gasteiger partial charge in [0.15, 0.2) is 0 Å². The summed E-state index contributed by atoms with van der Waals surface area (Å²) in [6.45, 7) is 2.30. The van der Waals surface area contributed by atoms with E-state index in [0.29, 0.717) is 18.4 Å². The summed E-state index contributed by atoms with van der Waals surface area (Å²) in [4.78, 5) is 25.3. The Morgan fingerprint density at radius 2 is 1.90 bits per heavy atom. The van der Waals surface area contributed by atoms with Crippen molar-refractivity contribution in [2.75, 3.05) is 41.9 Å². The molecule has 0 spiro atoms. The maximum atomic E-state index is 10.5. The van der Waals surface area contributed by atoms with Gasteiger partial charge in [-0.3, -0.25) is 5.43 Å². The Kier molecular flexibility index (Phi) is 5.32. The summed E-state index contributed by atoms with van der Waals surface area (Å²) in [7, 11) is 0. The van der Waals surface area contributed by atoms with Crippen molar-refractivity contribution in [2.45, 2.75) is 19.3 Å². The number of hydrogen-bond acceptors (Lipinski definition) is 9. The Morgan fingerprint density at radius 1 is 1.19 bits per heavy atom. The Hall–Kier alpha value is -2.36. The Balaban J connectivity index is 2.00. The monoisotopic (exact) mass is 296 g/mol. The molecule has 1 aliphatic heterocycles. The second-order valence-corrected chi connectivity index (χ2v) is 4.57. The number of anilines is 3. The molecular weight excluding hydrogens is 276 g/mol. The van der Waals surface area contributed by atoms with E-state index in [-0.39, 0.29) is 12.6 Å². The normalized spacial score (nSPS) is 14.6. The summed E-state index contributed by atoms with van der Waals surface area (Å²) in [5.74, 6) is 6.60. The van der Waals surface area contributed by atoms with Gasteiger partial charge in [0.1, 0.15) is 6.61 Å². The summed E-state index contributed by atoms with van der Waals surface area (Å²) in [5, 5.41) is 2.94. The van der Waals surface area contributed by atoms with Crippen molar-refractivity contribution in [1.82, 2.24) is 15.0 Å². The van der Waals surface area contributed by atoms with Crippen molar-refractivity contribution in [2.24, 2.45) is 11.6 Å². The quantitative estimate of drug-likeness (QED) is 0.314. The number of carbonyl (C=O) groups is 1. The molecule has 0 radical (unpaired) electrons. The summed E-state index contributed by atoms with van der Waals surface area (Å²) in [6, 6.07) is 0. The fourth-order valence-corrected chi connectivity index (χ4v) is 2.06. The number of aromatic nitrogens is 3. The highest BCUT2D eigenvalue weighted by molar-refractivity contribution is 5.64. The van der Waals surface area contributed by atoms with E-state index < -0.39 is 6.09 Å². The van der Waals surface area contributed by atoms with Crippen LogP contribution in [-0.4, -0.2) is 47.3 Å². The molecule has 2 rings (SSSR count). The van der Waals surface area contributed by atoms with E-state index in [2.05, 4.69) is 35.3 Å². The van der Waals surface area contributed by atoms with Gasteiger partial charge >= 0.3 is 6.09 Å². The highest BCUT2D eigenvalue weighted by atomic mass is 16.5. The highest BCUT2D eigenvalue weighted by Crippen LogP contribution is 2.17. The van der Waals surface area contributed by atoms with E-state index in [1.807, 2.05) is 0 Å². The minimum atomic E-state index is -0.814. The van der Waals surface area contributed by atoms with Gasteiger partial charge in [0, 0.05) is 13.1 Å². The zero-order chi connectivity index (χ0) is 15.1. The molecule has 1 aromatic heterocycles. The van der Waals surface area contributed by atoms with E-state index in [9.17, 15) is 4.79 Å². The first-order chi connectivity index (χ1) is 10.2. The maximum Gasteiger partial charge on any atom is 0.404 e. The van der Waals surface area contributed by atoms with Crippen LogP contribution in [-0.2, 0) is 4.74 Å². The fourth-order valence-electron chi connectivity index (χ4n) is 2.06. The summed E-state index contributed by atoms with van der Waals surface area (Å²) in [6.07, 6.45) is 2.64. The number of hydrogen-bond donors (Lipinski definition) is 4. The number of nitrogen functional groups attached to an aromatic ring is 1. The van der Waals surface area contributed by atoms with Crippen LogP contribution in [0, 0.1) is 0 Å².